The van der Waals surface area contributed by atoms with Crippen LogP contribution in [-0.4, -0.2) is 11.3 Å². The summed E-state index contributed by atoms with van der Waals surface area (Å²) in [5.41, 5.74) is 3.12. The van der Waals surface area contributed by atoms with Gasteiger partial charge in [-0.25, -0.2) is 18.1 Å². The maximum Gasteiger partial charge on any atom is 4.00 e. The van der Waals surface area contributed by atoms with E-state index < -0.39 is 0 Å². The third-order valence-electron chi connectivity index (χ3n) is 5.23. The molecule has 0 aromatic heterocycles. The molecule has 2 aromatic carbocycles. The fraction of sp³-hybridized carbons (Fsp3) is 0.417. The summed E-state index contributed by atoms with van der Waals surface area (Å²) in [6, 6.07) is 13.5. The predicted molar refractivity (Wildman–Crippen MR) is 115 cm³/mol. The SMILES string of the molecule is C1=CCC2CC[CH-]C2=C1.CC(C)P(c1cc2ccccc2[cH-]1)C(C)C.[Cl-].[Cl-].[Ti+4]. The Kier molecular flexibility index (Phi) is 13.2. The number of rotatable bonds is 3. The van der Waals surface area contributed by atoms with E-state index in [1.165, 1.54) is 30.0 Å². The minimum absolute atomic E-state index is 0. The molecule has 1 fully saturated rings. The molecule has 0 bridgehead atoms. The van der Waals surface area contributed by atoms with E-state index in [-0.39, 0.29) is 54.5 Å². The van der Waals surface area contributed by atoms with Crippen LogP contribution in [0.5, 0.6) is 0 Å². The van der Waals surface area contributed by atoms with Gasteiger partial charge in [0.2, 0.25) is 0 Å². The van der Waals surface area contributed by atoms with Crippen LogP contribution in [0, 0.1) is 12.3 Å². The summed E-state index contributed by atoms with van der Waals surface area (Å²) in [7, 11) is -0.0206. The molecule has 0 nitrogen and oxygen atoms in total. The minimum atomic E-state index is -0.0206. The summed E-state index contributed by atoms with van der Waals surface area (Å²) in [5, 5.41) is 4.36. The normalized spacial score (nSPS) is 17.0. The predicted octanol–water partition coefficient (Wildman–Crippen LogP) is 0.975. The van der Waals surface area contributed by atoms with Gasteiger partial charge in [0.05, 0.1) is 0 Å². The summed E-state index contributed by atoms with van der Waals surface area (Å²) in [4.78, 5) is 0. The molecule has 1 saturated carbocycles. The van der Waals surface area contributed by atoms with E-state index in [2.05, 4.69) is 88.7 Å². The van der Waals surface area contributed by atoms with E-state index in [9.17, 15) is 0 Å². The molecule has 2 aromatic rings. The molecular weight excluding hydrogens is 438 g/mol. The van der Waals surface area contributed by atoms with Gasteiger partial charge in [-0.3, -0.25) is 0 Å². The molecule has 0 aliphatic heterocycles. The van der Waals surface area contributed by atoms with Crippen LogP contribution in [0.3, 0.4) is 0 Å². The average Bonchev–Trinajstić information content (AvgIpc) is 3.21. The van der Waals surface area contributed by atoms with Gasteiger partial charge < -0.3 is 24.8 Å². The van der Waals surface area contributed by atoms with Gasteiger partial charge in [-0.05, 0) is 23.7 Å². The van der Waals surface area contributed by atoms with Crippen LogP contribution in [0.15, 0.2) is 60.2 Å². The third kappa shape index (κ3) is 7.00. The zero-order valence-electron chi connectivity index (χ0n) is 17.3. The number of hydrogen-bond donors (Lipinski definition) is 0. The van der Waals surface area contributed by atoms with E-state index >= 15 is 0 Å². The Morgan fingerprint density at radius 2 is 1.71 bits per heavy atom. The van der Waals surface area contributed by atoms with E-state index in [1.807, 2.05) is 0 Å². The van der Waals surface area contributed by atoms with Crippen LogP contribution in [0.2, 0.25) is 0 Å². The fourth-order valence-corrected chi connectivity index (χ4v) is 7.10. The second kappa shape index (κ2) is 13.3. The molecule has 2 aliphatic carbocycles. The first-order valence-corrected chi connectivity index (χ1v) is 11.2. The van der Waals surface area contributed by atoms with Gasteiger partial charge in [-0.1, -0.05) is 48.1 Å². The van der Waals surface area contributed by atoms with Crippen LogP contribution in [0.1, 0.15) is 47.0 Å². The van der Waals surface area contributed by atoms with E-state index in [4.69, 9.17) is 0 Å². The molecule has 1 atom stereocenters. The van der Waals surface area contributed by atoms with Gasteiger partial charge in [0, 0.05) is 0 Å². The molecule has 0 amide bonds. The summed E-state index contributed by atoms with van der Waals surface area (Å²) < 4.78 is 0. The van der Waals surface area contributed by atoms with Gasteiger partial charge in [-0.2, -0.15) is 6.07 Å². The first-order chi connectivity index (χ1) is 12.1. The first-order valence-electron chi connectivity index (χ1n) is 9.70. The summed E-state index contributed by atoms with van der Waals surface area (Å²) in [5.74, 6) is 0.884. The molecule has 28 heavy (non-hydrogen) atoms. The molecule has 4 rings (SSSR count). The third-order valence-corrected chi connectivity index (χ3v) is 8.31. The van der Waals surface area contributed by atoms with Gasteiger partial charge in [0.1, 0.15) is 0 Å². The number of fused-ring (bicyclic) bond motifs is 2. The van der Waals surface area contributed by atoms with Crippen LogP contribution in [0.25, 0.3) is 10.8 Å². The van der Waals surface area contributed by atoms with Gasteiger partial charge in [0.15, 0.2) is 0 Å². The number of allylic oxidation sites excluding steroid dienone is 4. The van der Waals surface area contributed by atoms with E-state index in [1.54, 1.807) is 10.9 Å². The van der Waals surface area contributed by atoms with Crippen molar-refractivity contribution in [2.45, 2.75) is 58.3 Å². The smallest absolute Gasteiger partial charge is 1.00 e. The monoisotopic (exact) mass is 468 g/mol. The Labute approximate surface area is 200 Å². The van der Waals surface area contributed by atoms with Crippen molar-refractivity contribution in [3.63, 3.8) is 0 Å². The van der Waals surface area contributed by atoms with Crippen LogP contribution in [-0.2, 0) is 21.7 Å². The Morgan fingerprint density at radius 1 is 1.04 bits per heavy atom. The molecule has 150 valence electrons. The van der Waals surface area contributed by atoms with Crippen molar-refractivity contribution >= 4 is 24.0 Å². The van der Waals surface area contributed by atoms with Crippen LogP contribution < -0.4 is 30.1 Å². The topological polar surface area (TPSA) is 0 Å². The van der Waals surface area contributed by atoms with Gasteiger partial charge >= 0.3 is 21.7 Å². The van der Waals surface area contributed by atoms with Crippen LogP contribution >= 0.6 is 7.92 Å². The molecule has 0 radical (unpaired) electrons. The Morgan fingerprint density at radius 3 is 2.32 bits per heavy atom. The zero-order chi connectivity index (χ0) is 17.8. The molecule has 0 saturated heterocycles. The number of hydrogen-bond acceptors (Lipinski definition) is 0. The molecular formula is C24H31Cl2PTi. The largest absolute Gasteiger partial charge is 4.00 e. The van der Waals surface area contributed by atoms with Crippen molar-refractivity contribution in [1.82, 2.24) is 0 Å². The van der Waals surface area contributed by atoms with Crippen molar-refractivity contribution in [2.75, 3.05) is 0 Å². The Bertz CT molecular complexity index is 720. The van der Waals surface area contributed by atoms with Crippen molar-refractivity contribution in [2.24, 2.45) is 5.92 Å². The van der Waals surface area contributed by atoms with Gasteiger partial charge in [-0.15, -0.1) is 58.9 Å². The van der Waals surface area contributed by atoms with E-state index in [0.29, 0.717) is 0 Å². The molecule has 4 heteroatoms. The van der Waals surface area contributed by atoms with Crippen molar-refractivity contribution in [3.05, 3.63) is 66.6 Å². The average molecular weight is 469 g/mol. The molecule has 0 heterocycles. The van der Waals surface area contributed by atoms with Crippen molar-refractivity contribution < 1.29 is 46.5 Å². The minimum Gasteiger partial charge on any atom is -1.00 e. The van der Waals surface area contributed by atoms with E-state index in [0.717, 1.165) is 17.2 Å². The fourth-order valence-electron chi connectivity index (χ4n) is 4.14. The summed E-state index contributed by atoms with van der Waals surface area (Å²) in [6.45, 7) is 9.40. The van der Waals surface area contributed by atoms with Crippen molar-refractivity contribution in [1.29, 1.82) is 0 Å². The second-order valence-electron chi connectivity index (χ2n) is 7.75. The van der Waals surface area contributed by atoms with Gasteiger partial charge in [0.25, 0.3) is 0 Å². The maximum atomic E-state index is 2.39. The second-order valence-corrected chi connectivity index (χ2v) is 11.1. The standard InChI is InChI=1S/C15H20P.C9H11.2ClH.Ti/c1-11(2)16(12(3)4)15-9-13-7-5-6-8-14(13)10-15;1-2-5-9-7-3-6-8(9)4-1;;;/h5-12H,1-4H3;1-2,4,6,9H,3,5,7H2;2*1H;/q2*-1;;;+4/p-2. The maximum absolute atomic E-state index is 2.39. The van der Waals surface area contributed by atoms with Crippen LogP contribution in [0.4, 0.5) is 0 Å². The summed E-state index contributed by atoms with van der Waals surface area (Å²) in [6.07, 6.45) is 13.0. The Hall–Kier alpha value is -0.0957. The Balaban J connectivity index is 0.000000525. The molecule has 0 N–H and O–H groups in total. The number of benzene rings is 1. The first kappa shape index (κ1) is 27.9. The summed E-state index contributed by atoms with van der Waals surface area (Å²) >= 11 is 0. The van der Waals surface area contributed by atoms with Crippen molar-refractivity contribution in [3.8, 4) is 0 Å². The quantitative estimate of drug-likeness (QED) is 0.358. The zero-order valence-corrected chi connectivity index (χ0v) is 21.3. The number of halogens is 2. The molecule has 1 unspecified atom stereocenters. The molecule has 0 spiro atoms. The molecule has 2 aliphatic rings.